The number of carbonyl (C=O) groups excluding carboxylic acids is 1. The summed E-state index contributed by atoms with van der Waals surface area (Å²) in [6.07, 6.45) is 5.37. The number of amides is 1. The zero-order valence-corrected chi connectivity index (χ0v) is 18.8. The number of halogens is 1. The van der Waals surface area contributed by atoms with Crippen LogP contribution in [0.3, 0.4) is 0 Å². The second kappa shape index (κ2) is 9.81. The number of benzene rings is 2. The molecule has 8 heteroatoms. The van der Waals surface area contributed by atoms with Crippen LogP contribution in [0.4, 0.5) is 5.69 Å². The molecule has 1 heterocycles. The molecule has 162 valence electrons. The predicted octanol–water partition coefficient (Wildman–Crippen LogP) is 4.31. The SMILES string of the molecule is COc1ccc(C2CCCCCN2CC(=O)Nc2cc(S(C)(=O)=O)ccc2Cl)cc1. The lowest BCUT2D eigenvalue weighted by atomic mass is 10.0. The van der Waals surface area contributed by atoms with E-state index in [0.717, 1.165) is 49.8 Å². The Morgan fingerprint density at radius 3 is 2.57 bits per heavy atom. The molecule has 1 fully saturated rings. The van der Waals surface area contributed by atoms with E-state index in [9.17, 15) is 13.2 Å². The maximum atomic E-state index is 12.8. The Morgan fingerprint density at radius 2 is 1.90 bits per heavy atom. The Labute approximate surface area is 183 Å². The number of ether oxygens (including phenoxy) is 1. The molecule has 3 rings (SSSR count). The molecule has 1 saturated heterocycles. The van der Waals surface area contributed by atoms with E-state index in [0.29, 0.717) is 10.7 Å². The Balaban J connectivity index is 1.76. The Morgan fingerprint density at radius 1 is 1.17 bits per heavy atom. The van der Waals surface area contributed by atoms with Gasteiger partial charge in [-0.3, -0.25) is 9.69 Å². The second-order valence-electron chi connectivity index (χ2n) is 7.57. The first-order valence-electron chi connectivity index (χ1n) is 9.95. The number of carbonyl (C=O) groups is 1. The molecule has 1 aliphatic heterocycles. The van der Waals surface area contributed by atoms with Gasteiger partial charge in [0.15, 0.2) is 9.84 Å². The average Bonchev–Trinajstić information content (AvgIpc) is 2.94. The molecule has 0 radical (unpaired) electrons. The van der Waals surface area contributed by atoms with Gasteiger partial charge in [0.1, 0.15) is 5.75 Å². The molecule has 2 aromatic carbocycles. The number of hydrogen-bond donors (Lipinski definition) is 1. The van der Waals surface area contributed by atoms with Gasteiger partial charge in [0, 0.05) is 12.3 Å². The van der Waals surface area contributed by atoms with Crippen molar-refractivity contribution in [2.45, 2.75) is 36.6 Å². The minimum Gasteiger partial charge on any atom is -0.497 e. The van der Waals surface area contributed by atoms with Gasteiger partial charge in [-0.05, 0) is 55.3 Å². The van der Waals surface area contributed by atoms with Crippen molar-refractivity contribution in [3.63, 3.8) is 0 Å². The summed E-state index contributed by atoms with van der Waals surface area (Å²) in [4.78, 5) is 15.1. The van der Waals surface area contributed by atoms with Crippen LogP contribution in [0.25, 0.3) is 0 Å². The number of sulfone groups is 1. The first-order chi connectivity index (χ1) is 14.3. The average molecular weight is 451 g/mol. The first-order valence-corrected chi connectivity index (χ1v) is 12.2. The van der Waals surface area contributed by atoms with Gasteiger partial charge in [-0.15, -0.1) is 0 Å². The molecule has 0 aromatic heterocycles. The van der Waals surface area contributed by atoms with Gasteiger partial charge in [0.25, 0.3) is 0 Å². The molecule has 1 unspecified atom stereocenters. The van der Waals surface area contributed by atoms with Gasteiger partial charge in [0.05, 0.1) is 29.3 Å². The molecule has 0 aliphatic carbocycles. The normalized spacial score (nSPS) is 17.9. The van der Waals surface area contributed by atoms with Crippen molar-refractivity contribution in [3.05, 3.63) is 53.1 Å². The summed E-state index contributed by atoms with van der Waals surface area (Å²) < 4.78 is 28.9. The highest BCUT2D eigenvalue weighted by atomic mass is 35.5. The number of hydrogen-bond acceptors (Lipinski definition) is 5. The van der Waals surface area contributed by atoms with E-state index in [1.807, 2.05) is 24.3 Å². The summed E-state index contributed by atoms with van der Waals surface area (Å²) in [5.74, 6) is 0.583. The number of rotatable bonds is 6. The van der Waals surface area contributed by atoms with Crippen molar-refractivity contribution in [3.8, 4) is 5.75 Å². The van der Waals surface area contributed by atoms with E-state index in [1.165, 1.54) is 18.2 Å². The maximum Gasteiger partial charge on any atom is 0.238 e. The van der Waals surface area contributed by atoms with Crippen molar-refractivity contribution in [2.75, 3.05) is 31.8 Å². The van der Waals surface area contributed by atoms with E-state index < -0.39 is 9.84 Å². The summed E-state index contributed by atoms with van der Waals surface area (Å²) in [6, 6.07) is 12.4. The standard InChI is InChI=1S/C22H27ClN2O4S/c1-29-17-9-7-16(8-10-17)21-6-4-3-5-13-25(21)15-22(26)24-20-14-18(30(2,27)28)11-12-19(20)23/h7-12,14,21H,3-6,13,15H2,1-2H3,(H,24,26). The van der Waals surface area contributed by atoms with Crippen molar-refractivity contribution < 1.29 is 17.9 Å². The number of nitrogens with zero attached hydrogens (tertiary/aromatic N) is 1. The molecule has 2 aromatic rings. The Hall–Kier alpha value is -2.09. The topological polar surface area (TPSA) is 75.7 Å². The van der Waals surface area contributed by atoms with Crippen LogP contribution in [0.2, 0.25) is 5.02 Å². The molecule has 1 aliphatic rings. The number of likely N-dealkylation sites (tertiary alicyclic amines) is 1. The van der Waals surface area contributed by atoms with Crippen LogP contribution in [-0.4, -0.2) is 45.7 Å². The highest BCUT2D eigenvalue weighted by molar-refractivity contribution is 7.90. The lowest BCUT2D eigenvalue weighted by Gasteiger charge is -2.30. The summed E-state index contributed by atoms with van der Waals surface area (Å²) >= 11 is 6.18. The molecular formula is C22H27ClN2O4S. The van der Waals surface area contributed by atoms with Gasteiger partial charge in [-0.2, -0.15) is 0 Å². The number of nitrogens with one attached hydrogen (secondary N) is 1. The van der Waals surface area contributed by atoms with Gasteiger partial charge in [-0.25, -0.2) is 8.42 Å². The van der Waals surface area contributed by atoms with Crippen LogP contribution >= 0.6 is 11.6 Å². The van der Waals surface area contributed by atoms with Crippen LogP contribution in [0.15, 0.2) is 47.4 Å². The van der Waals surface area contributed by atoms with Gasteiger partial charge < -0.3 is 10.1 Å². The van der Waals surface area contributed by atoms with E-state index >= 15 is 0 Å². The summed E-state index contributed by atoms with van der Waals surface area (Å²) in [5.41, 5.74) is 1.46. The van der Waals surface area contributed by atoms with Gasteiger partial charge in [0.2, 0.25) is 5.91 Å². The fraction of sp³-hybridized carbons (Fsp3) is 0.409. The highest BCUT2D eigenvalue weighted by Crippen LogP contribution is 2.31. The molecule has 6 nitrogen and oxygen atoms in total. The summed E-state index contributed by atoms with van der Waals surface area (Å²) in [7, 11) is -1.75. The third-order valence-electron chi connectivity index (χ3n) is 5.35. The summed E-state index contributed by atoms with van der Waals surface area (Å²) in [5, 5.41) is 3.09. The monoisotopic (exact) mass is 450 g/mol. The van der Waals surface area contributed by atoms with E-state index in [4.69, 9.17) is 16.3 Å². The zero-order valence-electron chi connectivity index (χ0n) is 17.2. The number of methoxy groups -OCH3 is 1. The van der Waals surface area contributed by atoms with Gasteiger partial charge >= 0.3 is 0 Å². The quantitative estimate of drug-likeness (QED) is 0.709. The largest absolute Gasteiger partial charge is 0.497 e. The van der Waals surface area contributed by atoms with Crippen LogP contribution in [0.5, 0.6) is 5.75 Å². The van der Waals surface area contributed by atoms with Crippen LogP contribution in [0.1, 0.15) is 37.3 Å². The maximum absolute atomic E-state index is 12.8. The van der Waals surface area contributed by atoms with E-state index in [2.05, 4.69) is 10.2 Å². The Bertz CT molecular complexity index is 993. The first kappa shape index (κ1) is 22.6. The summed E-state index contributed by atoms with van der Waals surface area (Å²) in [6.45, 7) is 1.03. The third-order valence-corrected chi connectivity index (χ3v) is 6.79. The van der Waals surface area contributed by atoms with E-state index in [-0.39, 0.29) is 23.4 Å². The lowest BCUT2D eigenvalue weighted by Crippen LogP contribution is -2.36. The van der Waals surface area contributed by atoms with Crippen LogP contribution in [0, 0.1) is 0 Å². The molecule has 0 saturated carbocycles. The molecule has 1 amide bonds. The number of anilines is 1. The minimum atomic E-state index is -3.39. The molecular weight excluding hydrogens is 424 g/mol. The molecule has 1 N–H and O–H groups in total. The zero-order chi connectivity index (χ0) is 21.7. The smallest absolute Gasteiger partial charge is 0.238 e. The molecule has 30 heavy (non-hydrogen) atoms. The molecule has 0 spiro atoms. The van der Waals surface area contributed by atoms with Crippen molar-refractivity contribution >= 4 is 33.0 Å². The van der Waals surface area contributed by atoms with Crippen LogP contribution in [-0.2, 0) is 14.6 Å². The van der Waals surface area contributed by atoms with Crippen LogP contribution < -0.4 is 10.1 Å². The van der Waals surface area contributed by atoms with E-state index in [1.54, 1.807) is 7.11 Å². The van der Waals surface area contributed by atoms with Gasteiger partial charge in [-0.1, -0.05) is 36.6 Å². The van der Waals surface area contributed by atoms with Crippen molar-refractivity contribution in [2.24, 2.45) is 0 Å². The second-order valence-corrected chi connectivity index (χ2v) is 9.99. The lowest BCUT2D eigenvalue weighted by molar-refractivity contribution is -0.117. The van der Waals surface area contributed by atoms with Crippen molar-refractivity contribution in [1.29, 1.82) is 0 Å². The fourth-order valence-electron chi connectivity index (χ4n) is 3.77. The molecule has 1 atom stereocenters. The molecule has 0 bridgehead atoms. The Kier molecular flexibility index (Phi) is 7.39. The minimum absolute atomic E-state index is 0.119. The highest BCUT2D eigenvalue weighted by Gasteiger charge is 2.25. The fourth-order valence-corrected chi connectivity index (χ4v) is 4.58. The van der Waals surface area contributed by atoms with Crippen molar-refractivity contribution in [1.82, 2.24) is 4.90 Å². The third kappa shape index (κ3) is 5.74. The predicted molar refractivity (Wildman–Crippen MR) is 119 cm³/mol.